The molecule has 1 heterocycles. The SMILES string of the molecule is CCCn1ccnc1C(O)c1cc(C)cc(Br)c1. The Morgan fingerprint density at radius 3 is 2.83 bits per heavy atom. The molecular weight excluding hydrogens is 292 g/mol. The molecule has 2 aromatic rings. The Balaban J connectivity index is 2.34. The van der Waals surface area contributed by atoms with E-state index < -0.39 is 6.10 Å². The number of aliphatic hydroxyl groups is 1. The molecule has 18 heavy (non-hydrogen) atoms. The van der Waals surface area contributed by atoms with Crippen LogP contribution < -0.4 is 0 Å². The summed E-state index contributed by atoms with van der Waals surface area (Å²) in [6.45, 7) is 5.00. The van der Waals surface area contributed by atoms with Crippen LogP contribution in [0, 0.1) is 6.92 Å². The minimum atomic E-state index is -0.678. The van der Waals surface area contributed by atoms with E-state index in [0.717, 1.165) is 28.6 Å². The Bertz CT molecular complexity index is 516. The van der Waals surface area contributed by atoms with Crippen LogP contribution in [-0.4, -0.2) is 14.7 Å². The van der Waals surface area contributed by atoms with Crippen molar-refractivity contribution in [2.75, 3.05) is 0 Å². The summed E-state index contributed by atoms with van der Waals surface area (Å²) in [5, 5.41) is 10.4. The van der Waals surface area contributed by atoms with E-state index >= 15 is 0 Å². The van der Waals surface area contributed by atoms with Crippen molar-refractivity contribution in [3.05, 3.63) is 52.0 Å². The number of aliphatic hydroxyl groups excluding tert-OH is 1. The number of aromatic nitrogens is 2. The Morgan fingerprint density at radius 1 is 1.39 bits per heavy atom. The molecule has 0 saturated carbocycles. The second kappa shape index (κ2) is 5.67. The van der Waals surface area contributed by atoms with Gasteiger partial charge in [0.15, 0.2) is 0 Å². The van der Waals surface area contributed by atoms with Gasteiger partial charge in [0.1, 0.15) is 11.9 Å². The highest BCUT2D eigenvalue weighted by molar-refractivity contribution is 9.10. The van der Waals surface area contributed by atoms with E-state index in [1.54, 1.807) is 6.20 Å². The molecular formula is C14H17BrN2O. The second-order valence-electron chi connectivity index (χ2n) is 4.44. The zero-order valence-electron chi connectivity index (χ0n) is 10.6. The first-order valence-corrected chi connectivity index (χ1v) is 6.87. The Morgan fingerprint density at radius 2 is 2.17 bits per heavy atom. The van der Waals surface area contributed by atoms with Gasteiger partial charge in [-0.2, -0.15) is 0 Å². The Hall–Kier alpha value is -1.13. The molecule has 1 N–H and O–H groups in total. The van der Waals surface area contributed by atoms with Crippen LogP contribution in [0.3, 0.4) is 0 Å². The predicted octanol–water partition coefficient (Wildman–Crippen LogP) is 3.45. The molecule has 1 aromatic heterocycles. The predicted molar refractivity (Wildman–Crippen MR) is 75.5 cm³/mol. The second-order valence-corrected chi connectivity index (χ2v) is 5.36. The molecule has 0 amide bonds. The minimum absolute atomic E-state index is 0.678. The lowest BCUT2D eigenvalue weighted by molar-refractivity contribution is 0.204. The molecule has 4 heteroatoms. The zero-order chi connectivity index (χ0) is 13.1. The lowest BCUT2D eigenvalue weighted by Crippen LogP contribution is -2.09. The molecule has 96 valence electrons. The molecule has 0 aliphatic heterocycles. The fraction of sp³-hybridized carbons (Fsp3) is 0.357. The van der Waals surface area contributed by atoms with Crippen LogP contribution in [0.2, 0.25) is 0 Å². The molecule has 1 unspecified atom stereocenters. The number of rotatable bonds is 4. The highest BCUT2D eigenvalue weighted by Gasteiger charge is 2.16. The third kappa shape index (κ3) is 2.82. The van der Waals surface area contributed by atoms with Gasteiger partial charge in [0, 0.05) is 23.4 Å². The molecule has 2 rings (SSSR count). The third-order valence-electron chi connectivity index (χ3n) is 2.84. The summed E-state index contributed by atoms with van der Waals surface area (Å²) in [6, 6.07) is 5.94. The number of aryl methyl sites for hydroxylation is 2. The number of hydrogen-bond acceptors (Lipinski definition) is 2. The number of hydrogen-bond donors (Lipinski definition) is 1. The smallest absolute Gasteiger partial charge is 0.142 e. The van der Waals surface area contributed by atoms with E-state index in [1.165, 1.54) is 0 Å². The van der Waals surface area contributed by atoms with Crippen LogP contribution in [0.25, 0.3) is 0 Å². The lowest BCUT2D eigenvalue weighted by atomic mass is 10.1. The van der Waals surface area contributed by atoms with E-state index in [2.05, 4.69) is 27.8 Å². The van der Waals surface area contributed by atoms with Crippen LogP contribution >= 0.6 is 15.9 Å². The first-order chi connectivity index (χ1) is 8.61. The summed E-state index contributed by atoms with van der Waals surface area (Å²) in [5.74, 6) is 0.703. The van der Waals surface area contributed by atoms with E-state index in [-0.39, 0.29) is 0 Å². The number of nitrogens with zero attached hydrogens (tertiary/aromatic N) is 2. The van der Waals surface area contributed by atoms with Crippen molar-refractivity contribution in [3.63, 3.8) is 0 Å². The number of benzene rings is 1. The van der Waals surface area contributed by atoms with E-state index in [1.807, 2.05) is 35.9 Å². The Kier molecular flexibility index (Phi) is 4.19. The van der Waals surface area contributed by atoms with Crippen molar-refractivity contribution in [2.24, 2.45) is 0 Å². The quantitative estimate of drug-likeness (QED) is 0.939. The molecule has 0 aliphatic rings. The number of halogens is 1. The van der Waals surface area contributed by atoms with Gasteiger partial charge in [-0.3, -0.25) is 0 Å². The van der Waals surface area contributed by atoms with Gasteiger partial charge < -0.3 is 9.67 Å². The first kappa shape index (κ1) is 13.3. The molecule has 0 radical (unpaired) electrons. The van der Waals surface area contributed by atoms with Crippen molar-refractivity contribution in [3.8, 4) is 0 Å². The van der Waals surface area contributed by atoms with Crippen molar-refractivity contribution in [1.82, 2.24) is 9.55 Å². The van der Waals surface area contributed by atoms with Gasteiger partial charge in [-0.25, -0.2) is 4.98 Å². The van der Waals surface area contributed by atoms with Gasteiger partial charge in [-0.05, 0) is 36.6 Å². The van der Waals surface area contributed by atoms with Gasteiger partial charge in [0.05, 0.1) is 0 Å². The van der Waals surface area contributed by atoms with Crippen LogP contribution in [0.1, 0.15) is 36.4 Å². The molecule has 0 fully saturated rings. The number of imidazole rings is 1. The van der Waals surface area contributed by atoms with Gasteiger partial charge in [0.25, 0.3) is 0 Å². The topological polar surface area (TPSA) is 38.0 Å². The summed E-state index contributed by atoms with van der Waals surface area (Å²) in [7, 11) is 0. The van der Waals surface area contributed by atoms with Crippen LogP contribution in [0.15, 0.2) is 35.1 Å². The largest absolute Gasteiger partial charge is 0.380 e. The van der Waals surface area contributed by atoms with Crippen LogP contribution in [-0.2, 0) is 6.54 Å². The fourth-order valence-corrected chi connectivity index (χ4v) is 2.70. The van der Waals surface area contributed by atoms with Gasteiger partial charge >= 0.3 is 0 Å². The highest BCUT2D eigenvalue weighted by Crippen LogP contribution is 2.25. The summed E-state index contributed by atoms with van der Waals surface area (Å²) in [6.07, 6.45) is 3.99. The van der Waals surface area contributed by atoms with Crippen molar-refractivity contribution >= 4 is 15.9 Å². The Labute approximate surface area is 116 Å². The standard InChI is InChI=1S/C14H17BrN2O/c1-3-5-17-6-4-16-14(17)13(18)11-7-10(2)8-12(15)9-11/h4,6-9,13,18H,3,5H2,1-2H3. The summed E-state index contributed by atoms with van der Waals surface area (Å²) in [5.41, 5.74) is 1.98. The van der Waals surface area contributed by atoms with Crippen LogP contribution in [0.4, 0.5) is 0 Å². The average molecular weight is 309 g/mol. The summed E-state index contributed by atoms with van der Waals surface area (Å²) in [4.78, 5) is 4.27. The van der Waals surface area contributed by atoms with E-state index in [4.69, 9.17) is 0 Å². The average Bonchev–Trinajstić information content (AvgIpc) is 2.75. The lowest BCUT2D eigenvalue weighted by Gasteiger charge is -2.14. The van der Waals surface area contributed by atoms with E-state index in [9.17, 15) is 5.11 Å². The van der Waals surface area contributed by atoms with Crippen molar-refractivity contribution < 1.29 is 5.11 Å². The fourth-order valence-electron chi connectivity index (χ4n) is 2.07. The molecule has 0 aliphatic carbocycles. The maximum atomic E-state index is 10.4. The van der Waals surface area contributed by atoms with Gasteiger partial charge in [-0.15, -0.1) is 0 Å². The van der Waals surface area contributed by atoms with Crippen LogP contribution in [0.5, 0.6) is 0 Å². The maximum Gasteiger partial charge on any atom is 0.142 e. The van der Waals surface area contributed by atoms with Gasteiger partial charge in [0.2, 0.25) is 0 Å². The van der Waals surface area contributed by atoms with Crippen molar-refractivity contribution in [2.45, 2.75) is 32.9 Å². The normalized spacial score (nSPS) is 12.7. The minimum Gasteiger partial charge on any atom is -0.380 e. The molecule has 3 nitrogen and oxygen atoms in total. The zero-order valence-corrected chi connectivity index (χ0v) is 12.2. The molecule has 0 saturated heterocycles. The first-order valence-electron chi connectivity index (χ1n) is 6.08. The van der Waals surface area contributed by atoms with Gasteiger partial charge in [-0.1, -0.05) is 28.9 Å². The molecule has 1 aromatic carbocycles. The molecule has 1 atom stereocenters. The summed E-state index contributed by atoms with van der Waals surface area (Å²) >= 11 is 3.46. The van der Waals surface area contributed by atoms with E-state index in [0.29, 0.717) is 5.82 Å². The van der Waals surface area contributed by atoms with Crippen molar-refractivity contribution in [1.29, 1.82) is 0 Å². The summed E-state index contributed by atoms with van der Waals surface area (Å²) < 4.78 is 2.98. The highest BCUT2D eigenvalue weighted by atomic mass is 79.9. The molecule has 0 spiro atoms. The maximum absolute atomic E-state index is 10.4. The molecule has 0 bridgehead atoms. The monoisotopic (exact) mass is 308 g/mol. The third-order valence-corrected chi connectivity index (χ3v) is 3.29.